The standard InChI is InChI=1S/C18H26BN3O4S/c1-6-11-21-27(23,24)16-9-7-15(8-10-16)22-13-14(12-20-22)19-25-17(2,3)18(4,5)26-19/h7-10,12-13,21H,6,11H2,1-5H3. The zero-order chi connectivity index (χ0) is 19.9. The van der Waals surface area contributed by atoms with Gasteiger partial charge < -0.3 is 9.31 Å². The smallest absolute Gasteiger partial charge is 0.399 e. The highest BCUT2D eigenvalue weighted by molar-refractivity contribution is 7.89. The molecule has 1 saturated heterocycles. The van der Waals surface area contributed by atoms with Gasteiger partial charge in [0, 0.05) is 24.4 Å². The van der Waals surface area contributed by atoms with Crippen molar-refractivity contribution in [3.8, 4) is 5.69 Å². The van der Waals surface area contributed by atoms with Gasteiger partial charge in [-0.2, -0.15) is 5.10 Å². The molecule has 0 radical (unpaired) electrons. The monoisotopic (exact) mass is 391 g/mol. The second-order valence-corrected chi connectivity index (χ2v) is 9.47. The predicted molar refractivity (Wildman–Crippen MR) is 105 cm³/mol. The Morgan fingerprint density at radius 2 is 1.70 bits per heavy atom. The van der Waals surface area contributed by atoms with Gasteiger partial charge in [-0.05, 0) is 58.4 Å². The topological polar surface area (TPSA) is 82.5 Å². The Hall–Kier alpha value is -1.68. The molecule has 0 bridgehead atoms. The first-order chi connectivity index (χ1) is 12.6. The van der Waals surface area contributed by atoms with Crippen LogP contribution >= 0.6 is 0 Å². The summed E-state index contributed by atoms with van der Waals surface area (Å²) in [5.41, 5.74) is 0.741. The van der Waals surface area contributed by atoms with Crippen LogP contribution in [0, 0.1) is 0 Å². The van der Waals surface area contributed by atoms with Crippen molar-refractivity contribution in [3.05, 3.63) is 36.7 Å². The third-order valence-corrected chi connectivity index (χ3v) is 6.56. The molecule has 146 valence electrons. The molecule has 1 N–H and O–H groups in total. The third-order valence-electron chi connectivity index (χ3n) is 5.08. The van der Waals surface area contributed by atoms with Crippen LogP contribution in [0.25, 0.3) is 5.69 Å². The van der Waals surface area contributed by atoms with E-state index in [9.17, 15) is 8.42 Å². The van der Waals surface area contributed by atoms with E-state index < -0.39 is 28.3 Å². The summed E-state index contributed by atoms with van der Waals surface area (Å²) in [6.45, 7) is 10.3. The molecule has 0 unspecified atom stereocenters. The van der Waals surface area contributed by atoms with Gasteiger partial charge in [-0.15, -0.1) is 0 Å². The van der Waals surface area contributed by atoms with E-state index in [1.165, 1.54) is 0 Å². The van der Waals surface area contributed by atoms with Crippen LogP contribution in [0.3, 0.4) is 0 Å². The molecule has 1 aliphatic heterocycles. The van der Waals surface area contributed by atoms with Crippen LogP contribution in [0.5, 0.6) is 0 Å². The normalized spacial score (nSPS) is 18.8. The number of benzene rings is 1. The fourth-order valence-corrected chi connectivity index (χ4v) is 3.81. The van der Waals surface area contributed by atoms with Crippen LogP contribution in [-0.4, -0.2) is 43.1 Å². The highest BCUT2D eigenvalue weighted by Crippen LogP contribution is 2.36. The quantitative estimate of drug-likeness (QED) is 0.761. The van der Waals surface area contributed by atoms with Crippen LogP contribution < -0.4 is 10.2 Å². The molecule has 0 spiro atoms. The lowest BCUT2D eigenvalue weighted by Gasteiger charge is -2.32. The molecule has 1 aromatic heterocycles. The number of rotatable bonds is 6. The van der Waals surface area contributed by atoms with Crippen molar-refractivity contribution in [3.63, 3.8) is 0 Å². The minimum atomic E-state index is -3.47. The van der Waals surface area contributed by atoms with E-state index in [-0.39, 0.29) is 4.90 Å². The molecule has 1 fully saturated rings. The zero-order valence-electron chi connectivity index (χ0n) is 16.4. The molecule has 2 aromatic rings. The van der Waals surface area contributed by atoms with E-state index >= 15 is 0 Å². The lowest BCUT2D eigenvalue weighted by molar-refractivity contribution is 0.00578. The average molecular weight is 391 g/mol. The molecule has 0 amide bonds. The van der Waals surface area contributed by atoms with E-state index in [1.54, 1.807) is 35.1 Å². The van der Waals surface area contributed by atoms with Gasteiger partial charge in [0.15, 0.2) is 0 Å². The van der Waals surface area contributed by atoms with E-state index in [0.717, 1.165) is 17.6 Å². The Kier molecular flexibility index (Phi) is 5.24. The molecule has 0 aliphatic carbocycles. The summed E-state index contributed by atoms with van der Waals surface area (Å²) in [7, 11) is -3.96. The maximum absolute atomic E-state index is 12.2. The molecule has 9 heteroatoms. The Bertz CT molecular complexity index is 891. The van der Waals surface area contributed by atoms with Gasteiger partial charge in [-0.25, -0.2) is 17.8 Å². The maximum atomic E-state index is 12.2. The Balaban J connectivity index is 1.78. The number of nitrogens with one attached hydrogen (secondary N) is 1. The molecule has 7 nitrogen and oxygen atoms in total. The minimum absolute atomic E-state index is 0.234. The first-order valence-electron chi connectivity index (χ1n) is 9.06. The maximum Gasteiger partial charge on any atom is 0.498 e. The van der Waals surface area contributed by atoms with E-state index in [4.69, 9.17) is 9.31 Å². The summed E-state index contributed by atoms with van der Waals surface area (Å²) in [6, 6.07) is 6.59. The molecule has 1 aromatic carbocycles. The van der Waals surface area contributed by atoms with Gasteiger partial charge >= 0.3 is 7.12 Å². The minimum Gasteiger partial charge on any atom is -0.399 e. The van der Waals surface area contributed by atoms with Crippen molar-refractivity contribution in [1.29, 1.82) is 0 Å². The second-order valence-electron chi connectivity index (χ2n) is 7.70. The summed E-state index contributed by atoms with van der Waals surface area (Å²) < 4.78 is 40.7. The Morgan fingerprint density at radius 3 is 2.26 bits per heavy atom. The lowest BCUT2D eigenvalue weighted by Crippen LogP contribution is -2.41. The summed E-state index contributed by atoms with van der Waals surface area (Å²) >= 11 is 0. The number of aromatic nitrogens is 2. The zero-order valence-corrected chi connectivity index (χ0v) is 17.2. The number of hydrogen-bond donors (Lipinski definition) is 1. The van der Waals surface area contributed by atoms with Gasteiger partial charge in [0.05, 0.1) is 21.8 Å². The van der Waals surface area contributed by atoms with Crippen LogP contribution in [0.2, 0.25) is 0 Å². The number of hydrogen-bond acceptors (Lipinski definition) is 5. The van der Waals surface area contributed by atoms with Crippen molar-refractivity contribution in [2.45, 2.75) is 57.1 Å². The fraction of sp³-hybridized carbons (Fsp3) is 0.500. The molecule has 2 heterocycles. The highest BCUT2D eigenvalue weighted by Gasteiger charge is 2.52. The first kappa shape index (κ1) is 20.1. The Morgan fingerprint density at radius 1 is 1.11 bits per heavy atom. The van der Waals surface area contributed by atoms with Gasteiger partial charge in [-0.3, -0.25) is 0 Å². The summed E-state index contributed by atoms with van der Waals surface area (Å²) in [5.74, 6) is 0. The lowest BCUT2D eigenvalue weighted by atomic mass is 9.82. The highest BCUT2D eigenvalue weighted by atomic mass is 32.2. The molecular weight excluding hydrogens is 365 g/mol. The second kappa shape index (κ2) is 7.05. The van der Waals surface area contributed by atoms with Gasteiger partial charge in [0.25, 0.3) is 0 Å². The van der Waals surface area contributed by atoms with Gasteiger partial charge in [0.1, 0.15) is 0 Å². The molecule has 3 rings (SSSR count). The Labute approximate surface area is 161 Å². The van der Waals surface area contributed by atoms with Crippen molar-refractivity contribution in [2.75, 3.05) is 6.54 Å². The molecular formula is C18H26BN3O4S. The van der Waals surface area contributed by atoms with Crippen molar-refractivity contribution >= 4 is 22.6 Å². The van der Waals surface area contributed by atoms with Crippen molar-refractivity contribution in [2.24, 2.45) is 0 Å². The first-order valence-corrected chi connectivity index (χ1v) is 10.5. The van der Waals surface area contributed by atoms with Gasteiger partial charge in [-0.1, -0.05) is 6.92 Å². The van der Waals surface area contributed by atoms with Gasteiger partial charge in [0.2, 0.25) is 10.0 Å². The molecule has 0 atom stereocenters. The number of sulfonamides is 1. The van der Waals surface area contributed by atoms with Crippen LogP contribution in [0.1, 0.15) is 41.0 Å². The summed E-state index contributed by atoms with van der Waals surface area (Å²) in [6.07, 6.45) is 4.28. The predicted octanol–water partition coefficient (Wildman–Crippen LogP) is 1.86. The average Bonchev–Trinajstić information content (AvgIpc) is 3.16. The molecule has 1 aliphatic rings. The van der Waals surface area contributed by atoms with Crippen LogP contribution in [0.4, 0.5) is 0 Å². The fourth-order valence-electron chi connectivity index (χ4n) is 2.68. The SMILES string of the molecule is CCCNS(=O)(=O)c1ccc(-n2cc(B3OC(C)(C)C(C)(C)O3)cn2)cc1. The molecule has 27 heavy (non-hydrogen) atoms. The summed E-state index contributed by atoms with van der Waals surface area (Å²) in [5, 5.41) is 4.36. The third kappa shape index (κ3) is 3.96. The molecule has 0 saturated carbocycles. The number of nitrogens with zero attached hydrogens (tertiary/aromatic N) is 2. The summed E-state index contributed by atoms with van der Waals surface area (Å²) in [4.78, 5) is 0.234. The van der Waals surface area contributed by atoms with E-state index in [0.29, 0.717) is 6.54 Å². The largest absolute Gasteiger partial charge is 0.498 e. The van der Waals surface area contributed by atoms with E-state index in [2.05, 4.69) is 9.82 Å². The van der Waals surface area contributed by atoms with Crippen molar-refractivity contribution in [1.82, 2.24) is 14.5 Å². The van der Waals surface area contributed by atoms with E-state index in [1.807, 2.05) is 40.8 Å². The van der Waals surface area contributed by atoms with Crippen LogP contribution in [0.15, 0.2) is 41.6 Å². The van der Waals surface area contributed by atoms with Crippen molar-refractivity contribution < 1.29 is 17.7 Å². The van der Waals surface area contributed by atoms with Crippen LogP contribution in [-0.2, 0) is 19.3 Å².